The summed E-state index contributed by atoms with van der Waals surface area (Å²) in [7, 11) is 0. The van der Waals surface area contributed by atoms with Crippen molar-refractivity contribution in [3.63, 3.8) is 0 Å². The lowest BCUT2D eigenvalue weighted by molar-refractivity contribution is -0.137. The molecule has 0 amide bonds. The summed E-state index contributed by atoms with van der Waals surface area (Å²) in [6, 6.07) is 1.97. The lowest BCUT2D eigenvalue weighted by Crippen LogP contribution is -2.08. The van der Waals surface area contributed by atoms with Crippen molar-refractivity contribution in [2.75, 3.05) is 0 Å². The molecule has 5 heteroatoms. The van der Waals surface area contributed by atoms with E-state index >= 15 is 0 Å². The number of carbonyl (C=O) groups excluding carboxylic acids is 1. The highest BCUT2D eigenvalue weighted by molar-refractivity contribution is 6.31. The van der Waals surface area contributed by atoms with E-state index in [2.05, 4.69) is 0 Å². The molecule has 0 atom stereocenters. The van der Waals surface area contributed by atoms with Crippen molar-refractivity contribution in [1.29, 1.82) is 0 Å². The minimum Gasteiger partial charge on any atom is -0.298 e. The quantitative estimate of drug-likeness (QED) is 0.715. The third kappa shape index (κ3) is 2.50. The van der Waals surface area contributed by atoms with Gasteiger partial charge in [-0.2, -0.15) is 13.2 Å². The highest BCUT2D eigenvalue weighted by Gasteiger charge is 2.33. The van der Waals surface area contributed by atoms with Gasteiger partial charge in [0, 0.05) is 5.56 Å². The second kappa shape index (κ2) is 4.23. The maximum atomic E-state index is 12.4. The molecule has 0 unspecified atom stereocenters. The largest absolute Gasteiger partial charge is 0.417 e. The van der Waals surface area contributed by atoms with Crippen LogP contribution < -0.4 is 0 Å². The SMILES string of the molecule is CCc1cc(Cl)c(C(F)(F)F)cc1C=O. The molecule has 0 saturated carbocycles. The summed E-state index contributed by atoms with van der Waals surface area (Å²) in [4.78, 5) is 10.6. The fourth-order valence-electron chi connectivity index (χ4n) is 1.26. The van der Waals surface area contributed by atoms with E-state index in [9.17, 15) is 18.0 Å². The van der Waals surface area contributed by atoms with Gasteiger partial charge in [-0.05, 0) is 24.1 Å². The maximum absolute atomic E-state index is 12.4. The highest BCUT2D eigenvalue weighted by atomic mass is 35.5. The lowest BCUT2D eigenvalue weighted by atomic mass is 10.0. The van der Waals surface area contributed by atoms with Crippen LogP contribution in [0, 0.1) is 0 Å². The molecule has 1 aromatic carbocycles. The zero-order valence-corrected chi connectivity index (χ0v) is 8.62. The number of hydrogen-bond acceptors (Lipinski definition) is 1. The summed E-state index contributed by atoms with van der Waals surface area (Å²) < 4.78 is 37.2. The van der Waals surface area contributed by atoms with E-state index in [0.29, 0.717) is 18.3 Å². The number of benzene rings is 1. The number of rotatable bonds is 2. The first-order valence-electron chi connectivity index (χ1n) is 4.25. The molecule has 0 aliphatic carbocycles. The summed E-state index contributed by atoms with van der Waals surface area (Å²) in [5.74, 6) is 0. The van der Waals surface area contributed by atoms with Crippen LogP contribution in [0.4, 0.5) is 13.2 Å². The smallest absolute Gasteiger partial charge is 0.298 e. The Labute approximate surface area is 89.9 Å². The van der Waals surface area contributed by atoms with E-state index in [4.69, 9.17) is 11.6 Å². The Morgan fingerprint density at radius 3 is 2.40 bits per heavy atom. The van der Waals surface area contributed by atoms with Crippen molar-refractivity contribution in [1.82, 2.24) is 0 Å². The van der Waals surface area contributed by atoms with Crippen LogP contribution in [-0.4, -0.2) is 6.29 Å². The van der Waals surface area contributed by atoms with Gasteiger partial charge in [0.1, 0.15) is 6.29 Å². The third-order valence-electron chi connectivity index (χ3n) is 2.04. The molecule has 15 heavy (non-hydrogen) atoms. The number of hydrogen-bond donors (Lipinski definition) is 0. The molecule has 1 nitrogen and oxygen atoms in total. The minimum atomic E-state index is -4.53. The molecule has 1 rings (SSSR count). The number of carbonyl (C=O) groups is 1. The van der Waals surface area contributed by atoms with Crippen molar-refractivity contribution in [2.24, 2.45) is 0 Å². The van der Waals surface area contributed by atoms with Gasteiger partial charge in [-0.1, -0.05) is 18.5 Å². The minimum absolute atomic E-state index is 0.0363. The van der Waals surface area contributed by atoms with Crippen molar-refractivity contribution in [3.8, 4) is 0 Å². The van der Waals surface area contributed by atoms with Crippen LogP contribution in [0.15, 0.2) is 12.1 Å². The van der Waals surface area contributed by atoms with Crippen LogP contribution in [-0.2, 0) is 12.6 Å². The molecule has 0 spiro atoms. The number of alkyl halides is 3. The Hall–Kier alpha value is -1.03. The first-order chi connectivity index (χ1) is 6.90. The van der Waals surface area contributed by atoms with E-state index in [0.717, 1.165) is 6.07 Å². The molecule has 0 N–H and O–H groups in total. The lowest BCUT2D eigenvalue weighted by Gasteiger charge is -2.11. The second-order valence-electron chi connectivity index (χ2n) is 3.00. The first kappa shape index (κ1) is 12.0. The normalized spacial score (nSPS) is 11.5. The summed E-state index contributed by atoms with van der Waals surface area (Å²) in [6.07, 6.45) is -3.66. The molecule has 0 aliphatic rings. The molecular formula is C10H8ClF3O. The number of aldehydes is 1. The van der Waals surface area contributed by atoms with Crippen LogP contribution >= 0.6 is 11.6 Å². The van der Waals surface area contributed by atoms with Gasteiger partial charge in [0.15, 0.2) is 0 Å². The summed E-state index contributed by atoms with van der Waals surface area (Å²) in [6.45, 7) is 1.74. The van der Waals surface area contributed by atoms with Gasteiger partial charge in [0.05, 0.1) is 10.6 Å². The van der Waals surface area contributed by atoms with E-state index in [1.54, 1.807) is 6.92 Å². The topological polar surface area (TPSA) is 17.1 Å². The summed E-state index contributed by atoms with van der Waals surface area (Å²) in [5.41, 5.74) is -0.416. The van der Waals surface area contributed by atoms with Crippen LogP contribution in [0.2, 0.25) is 5.02 Å². The van der Waals surface area contributed by atoms with E-state index in [1.807, 2.05) is 0 Å². The average molecular weight is 237 g/mol. The highest BCUT2D eigenvalue weighted by Crippen LogP contribution is 2.36. The Morgan fingerprint density at radius 1 is 1.40 bits per heavy atom. The molecule has 0 radical (unpaired) electrons. The molecule has 0 heterocycles. The van der Waals surface area contributed by atoms with Gasteiger partial charge in [0.2, 0.25) is 0 Å². The first-order valence-corrected chi connectivity index (χ1v) is 4.62. The van der Waals surface area contributed by atoms with Crippen molar-refractivity contribution in [3.05, 3.63) is 33.8 Å². The van der Waals surface area contributed by atoms with Crippen LogP contribution in [0.3, 0.4) is 0 Å². The van der Waals surface area contributed by atoms with Gasteiger partial charge >= 0.3 is 6.18 Å². The maximum Gasteiger partial charge on any atom is 0.417 e. The van der Waals surface area contributed by atoms with Crippen LogP contribution in [0.5, 0.6) is 0 Å². The fraction of sp³-hybridized carbons (Fsp3) is 0.300. The summed E-state index contributed by atoms with van der Waals surface area (Å²) in [5, 5.41) is -0.370. The molecule has 0 fully saturated rings. The van der Waals surface area contributed by atoms with E-state index in [1.165, 1.54) is 6.07 Å². The van der Waals surface area contributed by atoms with Gasteiger partial charge in [-0.25, -0.2) is 0 Å². The second-order valence-corrected chi connectivity index (χ2v) is 3.41. The Balaban J connectivity index is 3.39. The zero-order chi connectivity index (χ0) is 11.6. The van der Waals surface area contributed by atoms with Gasteiger partial charge in [0.25, 0.3) is 0 Å². The van der Waals surface area contributed by atoms with Crippen LogP contribution in [0.25, 0.3) is 0 Å². The molecule has 0 saturated heterocycles. The molecular weight excluding hydrogens is 229 g/mol. The molecule has 1 aromatic rings. The predicted molar refractivity (Wildman–Crippen MR) is 51.2 cm³/mol. The van der Waals surface area contributed by atoms with Crippen LogP contribution in [0.1, 0.15) is 28.4 Å². The Morgan fingerprint density at radius 2 is 2.00 bits per heavy atom. The Kier molecular flexibility index (Phi) is 3.39. The number of aryl methyl sites for hydroxylation is 1. The van der Waals surface area contributed by atoms with Gasteiger partial charge < -0.3 is 0 Å². The predicted octanol–water partition coefficient (Wildman–Crippen LogP) is 3.73. The summed E-state index contributed by atoms with van der Waals surface area (Å²) >= 11 is 5.49. The monoisotopic (exact) mass is 236 g/mol. The zero-order valence-electron chi connectivity index (χ0n) is 7.86. The average Bonchev–Trinajstić information content (AvgIpc) is 2.15. The molecule has 0 aromatic heterocycles. The van der Waals surface area contributed by atoms with Crippen molar-refractivity contribution in [2.45, 2.75) is 19.5 Å². The fourth-order valence-corrected chi connectivity index (χ4v) is 1.56. The standard InChI is InChI=1S/C10H8ClF3O/c1-2-6-4-9(11)8(10(12,13)14)3-7(6)5-15/h3-5H,2H2,1H3. The number of halogens is 4. The molecule has 0 bridgehead atoms. The van der Waals surface area contributed by atoms with E-state index < -0.39 is 11.7 Å². The third-order valence-corrected chi connectivity index (χ3v) is 2.35. The van der Waals surface area contributed by atoms with Crippen molar-refractivity contribution < 1.29 is 18.0 Å². The van der Waals surface area contributed by atoms with Gasteiger partial charge in [-0.15, -0.1) is 0 Å². The Bertz CT molecular complexity index is 385. The molecule has 82 valence electrons. The molecule has 0 aliphatic heterocycles. The van der Waals surface area contributed by atoms with Gasteiger partial charge in [-0.3, -0.25) is 4.79 Å². The van der Waals surface area contributed by atoms with E-state index in [-0.39, 0.29) is 10.6 Å². The van der Waals surface area contributed by atoms with Crippen molar-refractivity contribution >= 4 is 17.9 Å².